The van der Waals surface area contributed by atoms with Crippen LogP contribution in [0.3, 0.4) is 0 Å². The Bertz CT molecular complexity index is 625. The minimum atomic E-state index is -1.20. The fourth-order valence-electron chi connectivity index (χ4n) is 1.84. The number of nitrogens with one attached hydrogen (secondary N) is 2. The van der Waals surface area contributed by atoms with Crippen LogP contribution in [0.2, 0.25) is 0 Å². The number of anilines is 1. The van der Waals surface area contributed by atoms with Gasteiger partial charge in [-0.15, -0.1) is 0 Å². The highest BCUT2D eigenvalue weighted by atomic mass is 16.4. The van der Waals surface area contributed by atoms with Crippen LogP contribution < -0.4 is 10.6 Å². The molecule has 1 unspecified atom stereocenters. The summed E-state index contributed by atoms with van der Waals surface area (Å²) < 4.78 is 5.20. The highest BCUT2D eigenvalue weighted by Gasteiger charge is 2.15. The SMILES string of the molecule is CC(Cc1ccco1)NC(=O)Nc1cccnc1C(=O)O. The Balaban J connectivity index is 1.94. The summed E-state index contributed by atoms with van der Waals surface area (Å²) >= 11 is 0. The van der Waals surface area contributed by atoms with E-state index in [1.165, 1.54) is 12.3 Å². The molecule has 21 heavy (non-hydrogen) atoms. The number of amides is 2. The third-order valence-electron chi connectivity index (χ3n) is 2.72. The van der Waals surface area contributed by atoms with Crippen molar-refractivity contribution in [1.29, 1.82) is 0 Å². The molecule has 2 heterocycles. The van der Waals surface area contributed by atoms with Crippen LogP contribution in [-0.2, 0) is 6.42 Å². The molecular formula is C14H15N3O4. The number of carboxylic acid groups (broad SMARTS) is 1. The smallest absolute Gasteiger partial charge is 0.356 e. The van der Waals surface area contributed by atoms with E-state index in [9.17, 15) is 9.59 Å². The maximum absolute atomic E-state index is 11.9. The van der Waals surface area contributed by atoms with Crippen molar-refractivity contribution in [3.05, 3.63) is 48.2 Å². The number of pyridine rings is 1. The van der Waals surface area contributed by atoms with Gasteiger partial charge in [-0.1, -0.05) is 0 Å². The van der Waals surface area contributed by atoms with Gasteiger partial charge in [0.15, 0.2) is 5.69 Å². The quantitative estimate of drug-likeness (QED) is 0.782. The molecule has 0 fully saturated rings. The van der Waals surface area contributed by atoms with Crippen molar-refractivity contribution >= 4 is 17.7 Å². The fraction of sp³-hybridized carbons (Fsp3) is 0.214. The van der Waals surface area contributed by atoms with Crippen molar-refractivity contribution in [2.45, 2.75) is 19.4 Å². The lowest BCUT2D eigenvalue weighted by molar-refractivity contribution is 0.0691. The zero-order valence-electron chi connectivity index (χ0n) is 11.4. The van der Waals surface area contributed by atoms with Crippen molar-refractivity contribution < 1.29 is 19.1 Å². The number of rotatable bonds is 5. The molecule has 0 aliphatic rings. The van der Waals surface area contributed by atoms with E-state index in [1.54, 1.807) is 18.4 Å². The number of carbonyl (C=O) groups excluding carboxylic acids is 1. The van der Waals surface area contributed by atoms with Crippen LogP contribution in [0.25, 0.3) is 0 Å². The molecule has 3 N–H and O–H groups in total. The molecule has 7 nitrogen and oxygen atoms in total. The fourth-order valence-corrected chi connectivity index (χ4v) is 1.84. The van der Waals surface area contributed by atoms with E-state index in [0.717, 1.165) is 5.76 Å². The molecule has 1 atom stereocenters. The van der Waals surface area contributed by atoms with Crippen molar-refractivity contribution in [2.24, 2.45) is 0 Å². The highest BCUT2D eigenvalue weighted by molar-refractivity contribution is 5.98. The molecule has 2 amide bonds. The second-order valence-electron chi connectivity index (χ2n) is 4.49. The molecule has 0 aromatic carbocycles. The van der Waals surface area contributed by atoms with E-state index < -0.39 is 12.0 Å². The summed E-state index contributed by atoms with van der Waals surface area (Å²) in [7, 11) is 0. The van der Waals surface area contributed by atoms with Crippen LogP contribution in [-0.4, -0.2) is 28.1 Å². The maximum Gasteiger partial charge on any atom is 0.356 e. The molecule has 0 saturated carbocycles. The minimum absolute atomic E-state index is 0.146. The summed E-state index contributed by atoms with van der Waals surface area (Å²) in [6.45, 7) is 1.82. The van der Waals surface area contributed by atoms with Crippen molar-refractivity contribution in [1.82, 2.24) is 10.3 Å². The molecule has 2 rings (SSSR count). The van der Waals surface area contributed by atoms with Gasteiger partial charge < -0.3 is 20.2 Å². The average Bonchev–Trinajstić information content (AvgIpc) is 2.91. The van der Waals surface area contributed by atoms with E-state index in [0.29, 0.717) is 6.42 Å². The molecule has 0 radical (unpaired) electrons. The predicted molar refractivity (Wildman–Crippen MR) is 75.2 cm³/mol. The van der Waals surface area contributed by atoms with Gasteiger partial charge in [-0.05, 0) is 31.2 Å². The lowest BCUT2D eigenvalue weighted by atomic mass is 10.2. The highest BCUT2D eigenvalue weighted by Crippen LogP contribution is 2.12. The Morgan fingerprint density at radius 1 is 1.38 bits per heavy atom. The van der Waals surface area contributed by atoms with Crippen molar-refractivity contribution in [2.75, 3.05) is 5.32 Å². The Kier molecular flexibility index (Phi) is 4.55. The van der Waals surface area contributed by atoms with Gasteiger partial charge in [-0.3, -0.25) is 0 Å². The van der Waals surface area contributed by atoms with E-state index in [2.05, 4.69) is 15.6 Å². The van der Waals surface area contributed by atoms with Crippen molar-refractivity contribution in [3.8, 4) is 0 Å². The molecule has 7 heteroatoms. The summed E-state index contributed by atoms with van der Waals surface area (Å²) in [6.07, 6.45) is 3.46. The van der Waals surface area contributed by atoms with Gasteiger partial charge in [0.25, 0.3) is 0 Å². The first-order valence-electron chi connectivity index (χ1n) is 6.34. The first-order chi connectivity index (χ1) is 10.1. The number of urea groups is 1. The molecule has 2 aromatic heterocycles. The molecular weight excluding hydrogens is 274 g/mol. The molecule has 0 aliphatic heterocycles. The van der Waals surface area contributed by atoms with Crippen LogP contribution in [0.5, 0.6) is 0 Å². The lowest BCUT2D eigenvalue weighted by Crippen LogP contribution is -2.37. The van der Waals surface area contributed by atoms with E-state index in [4.69, 9.17) is 9.52 Å². The number of carbonyl (C=O) groups is 2. The Morgan fingerprint density at radius 2 is 2.19 bits per heavy atom. The number of hydrogen-bond acceptors (Lipinski definition) is 4. The summed E-state index contributed by atoms with van der Waals surface area (Å²) in [4.78, 5) is 26.6. The monoisotopic (exact) mass is 289 g/mol. The van der Waals surface area contributed by atoms with Gasteiger partial charge in [0.05, 0.1) is 12.0 Å². The lowest BCUT2D eigenvalue weighted by Gasteiger charge is -2.14. The van der Waals surface area contributed by atoms with Gasteiger partial charge in [0.2, 0.25) is 0 Å². The van der Waals surface area contributed by atoms with E-state index >= 15 is 0 Å². The summed E-state index contributed by atoms with van der Waals surface area (Å²) in [5, 5.41) is 14.2. The molecule has 0 saturated heterocycles. The minimum Gasteiger partial charge on any atom is -0.476 e. The maximum atomic E-state index is 11.9. The standard InChI is InChI=1S/C14H15N3O4/c1-9(8-10-4-3-7-21-10)16-14(20)17-11-5-2-6-15-12(11)13(18)19/h2-7,9H,8H2,1H3,(H,18,19)(H2,16,17,20). The summed E-state index contributed by atoms with van der Waals surface area (Å²) in [5.41, 5.74) is -0.0564. The molecule has 0 bridgehead atoms. The largest absolute Gasteiger partial charge is 0.476 e. The zero-order valence-corrected chi connectivity index (χ0v) is 11.4. The first-order valence-corrected chi connectivity index (χ1v) is 6.34. The van der Waals surface area contributed by atoms with Gasteiger partial charge in [-0.2, -0.15) is 0 Å². The second kappa shape index (κ2) is 6.56. The molecule has 110 valence electrons. The molecule has 0 aliphatic carbocycles. The van der Waals surface area contributed by atoms with Gasteiger partial charge in [-0.25, -0.2) is 14.6 Å². The Hall–Kier alpha value is -2.83. The summed E-state index contributed by atoms with van der Waals surface area (Å²) in [6, 6.07) is 5.96. The predicted octanol–water partition coefficient (Wildman–Crippen LogP) is 2.13. The van der Waals surface area contributed by atoms with Crippen LogP contribution in [0, 0.1) is 0 Å². The van der Waals surface area contributed by atoms with E-state index in [-0.39, 0.29) is 17.4 Å². The first kappa shape index (κ1) is 14.6. The number of carboxylic acids is 1. The second-order valence-corrected chi connectivity index (χ2v) is 4.49. The number of nitrogens with zero attached hydrogens (tertiary/aromatic N) is 1. The third-order valence-corrected chi connectivity index (χ3v) is 2.72. The Morgan fingerprint density at radius 3 is 2.86 bits per heavy atom. The van der Waals surface area contributed by atoms with Crippen LogP contribution >= 0.6 is 0 Å². The van der Waals surface area contributed by atoms with Gasteiger partial charge in [0.1, 0.15) is 5.76 Å². The Labute approximate surface area is 121 Å². The number of aromatic nitrogens is 1. The van der Waals surface area contributed by atoms with Gasteiger partial charge in [0, 0.05) is 18.7 Å². The summed E-state index contributed by atoms with van der Waals surface area (Å²) in [5.74, 6) is -0.440. The van der Waals surface area contributed by atoms with Crippen molar-refractivity contribution in [3.63, 3.8) is 0 Å². The third kappa shape index (κ3) is 4.07. The van der Waals surface area contributed by atoms with Crippen LogP contribution in [0.4, 0.5) is 10.5 Å². The van der Waals surface area contributed by atoms with Crippen LogP contribution in [0.1, 0.15) is 23.2 Å². The zero-order chi connectivity index (χ0) is 15.2. The van der Waals surface area contributed by atoms with E-state index in [1.807, 2.05) is 13.0 Å². The molecule has 2 aromatic rings. The number of aromatic carboxylic acids is 1. The normalized spacial score (nSPS) is 11.7. The topological polar surface area (TPSA) is 104 Å². The van der Waals surface area contributed by atoms with Gasteiger partial charge >= 0.3 is 12.0 Å². The number of hydrogen-bond donors (Lipinski definition) is 3. The van der Waals surface area contributed by atoms with Crippen LogP contribution in [0.15, 0.2) is 41.1 Å². The molecule has 0 spiro atoms. The number of furan rings is 1. The average molecular weight is 289 g/mol.